The molecule has 3 rings (SSSR count). The van der Waals surface area contributed by atoms with Crippen LogP contribution in [-0.2, 0) is 19.7 Å². The average molecular weight is 700 g/mol. The first-order chi connectivity index (χ1) is 18.2. The molecule has 2 aromatic rings. The number of carbonyl (C=O) groups is 2. The van der Waals surface area contributed by atoms with E-state index in [1.807, 2.05) is 22.6 Å². The zero-order chi connectivity index (χ0) is 29.0. The molecule has 0 aromatic heterocycles. The first-order valence-corrected chi connectivity index (χ1v) is 14.8. The minimum atomic E-state index is -4.18. The van der Waals surface area contributed by atoms with Crippen LogP contribution >= 0.6 is 34.2 Å². The number of hydrogen-bond acceptors (Lipinski definition) is 6. The van der Waals surface area contributed by atoms with Crippen LogP contribution in [0, 0.1) is 15.2 Å². The second-order valence-corrected chi connectivity index (χ2v) is 12.9. The number of alkyl carbamates (subject to hydrolysis) is 1. The smallest absolute Gasteiger partial charge is 0.407 e. The quantitative estimate of drug-likeness (QED) is 0.345. The van der Waals surface area contributed by atoms with Gasteiger partial charge in [0.2, 0.25) is 5.91 Å². The topological polar surface area (TPSA) is 120 Å². The summed E-state index contributed by atoms with van der Waals surface area (Å²) in [5, 5.41) is 5.42. The van der Waals surface area contributed by atoms with E-state index >= 15 is 0 Å². The monoisotopic (exact) mass is 699 g/mol. The number of carbonyl (C=O) groups excluding carboxylic acids is 2. The number of piperazine rings is 1. The first-order valence-electron chi connectivity index (χ1n) is 11.9. The first kappa shape index (κ1) is 31.1. The Kier molecular flexibility index (Phi) is 10.2. The maximum atomic E-state index is 14.7. The van der Waals surface area contributed by atoms with Crippen LogP contribution in [0.5, 0.6) is 0 Å². The van der Waals surface area contributed by atoms with Gasteiger partial charge in [0.05, 0.1) is 16.4 Å². The van der Waals surface area contributed by atoms with Crippen LogP contribution in [0.3, 0.4) is 0 Å². The van der Waals surface area contributed by atoms with Gasteiger partial charge >= 0.3 is 16.3 Å². The van der Waals surface area contributed by atoms with Crippen LogP contribution < -0.4 is 15.4 Å². The molecule has 0 aliphatic carbocycles. The van der Waals surface area contributed by atoms with Gasteiger partial charge in [0.1, 0.15) is 11.3 Å². The number of nitrogens with zero attached hydrogens (tertiary/aromatic N) is 2. The maximum Gasteiger partial charge on any atom is 0.407 e. The van der Waals surface area contributed by atoms with Crippen molar-refractivity contribution in [2.75, 3.05) is 42.8 Å². The van der Waals surface area contributed by atoms with Gasteiger partial charge in [-0.15, -0.1) is 0 Å². The van der Waals surface area contributed by atoms with Crippen LogP contribution in [0.15, 0.2) is 30.3 Å². The minimum absolute atomic E-state index is 0.0179. The molecule has 3 N–H and O–H groups in total. The highest BCUT2D eigenvalue weighted by atomic mass is 127. The lowest BCUT2D eigenvalue weighted by atomic mass is 10.2. The molecule has 0 saturated carbocycles. The second-order valence-electron chi connectivity index (χ2n) is 9.60. The molecular weight excluding hydrogens is 671 g/mol. The van der Waals surface area contributed by atoms with E-state index in [1.54, 1.807) is 39.0 Å². The molecule has 10 nitrogen and oxygen atoms in total. The number of rotatable bonds is 8. The molecule has 2 aromatic carbocycles. The van der Waals surface area contributed by atoms with Crippen molar-refractivity contribution < 1.29 is 31.5 Å². The highest BCUT2D eigenvalue weighted by Crippen LogP contribution is 2.34. The number of benzene rings is 2. The van der Waals surface area contributed by atoms with Crippen molar-refractivity contribution in [1.29, 1.82) is 0 Å². The molecule has 0 spiro atoms. The molecule has 1 fully saturated rings. The van der Waals surface area contributed by atoms with Gasteiger partial charge in [-0.05, 0) is 73.7 Å². The predicted molar refractivity (Wildman–Crippen MR) is 153 cm³/mol. The molecule has 1 heterocycles. The second kappa shape index (κ2) is 12.8. The molecule has 0 bridgehead atoms. The molecule has 1 aliphatic rings. The Morgan fingerprint density at radius 1 is 1.08 bits per heavy atom. The lowest BCUT2D eigenvalue weighted by Gasteiger charge is -2.34. The van der Waals surface area contributed by atoms with E-state index in [0.29, 0.717) is 0 Å². The zero-order valence-corrected chi connectivity index (χ0v) is 25.2. The Morgan fingerprint density at radius 2 is 1.72 bits per heavy atom. The lowest BCUT2D eigenvalue weighted by Crippen LogP contribution is -2.52. The van der Waals surface area contributed by atoms with E-state index in [0.717, 1.165) is 20.0 Å². The molecule has 1 saturated heterocycles. The number of anilines is 3. The van der Waals surface area contributed by atoms with Crippen molar-refractivity contribution in [2.24, 2.45) is 0 Å². The van der Waals surface area contributed by atoms with E-state index in [1.165, 1.54) is 4.90 Å². The molecular formula is C24H29ClF2IN5O5S. The molecule has 0 unspecified atom stereocenters. The maximum absolute atomic E-state index is 14.7. The SMILES string of the molecule is CC(C)(C)OC(=O)NCCC(=O)N1CCN(S(=O)(=O)Nc2ccc(F)c(F)c2Nc2ccc(I)cc2Cl)CC1. The molecule has 1 aliphatic heterocycles. The van der Waals surface area contributed by atoms with Crippen LogP contribution in [0.2, 0.25) is 5.02 Å². The summed E-state index contributed by atoms with van der Waals surface area (Å²) in [4.78, 5) is 25.7. The lowest BCUT2D eigenvalue weighted by molar-refractivity contribution is -0.132. The molecule has 214 valence electrons. The number of hydrogen-bond donors (Lipinski definition) is 3. The summed E-state index contributed by atoms with van der Waals surface area (Å²) in [6, 6.07) is 6.79. The Balaban J connectivity index is 1.61. The van der Waals surface area contributed by atoms with E-state index < -0.39 is 39.2 Å². The standard InChI is InChI=1S/C24H29ClF2IN5O5S/c1-24(2,3)38-23(35)29-9-8-20(34)32-10-12-33(13-11-32)39(36,37)31-19-7-5-17(26)21(27)22(19)30-18-6-4-15(28)14-16(18)25/h4-7,14,30-31H,8-13H2,1-3H3,(H,29,35). The fourth-order valence-electron chi connectivity index (χ4n) is 3.61. The summed E-state index contributed by atoms with van der Waals surface area (Å²) in [5.74, 6) is -2.70. The van der Waals surface area contributed by atoms with Crippen LogP contribution in [0.25, 0.3) is 0 Å². The molecule has 2 amide bonds. The average Bonchev–Trinajstić information content (AvgIpc) is 2.84. The van der Waals surface area contributed by atoms with E-state index in [-0.39, 0.29) is 61.4 Å². The van der Waals surface area contributed by atoms with Gasteiger partial charge in [0, 0.05) is 42.7 Å². The number of nitrogens with one attached hydrogen (secondary N) is 3. The van der Waals surface area contributed by atoms with Gasteiger partial charge in [0.25, 0.3) is 0 Å². The number of amides is 2. The summed E-state index contributed by atoms with van der Waals surface area (Å²) in [7, 11) is -4.18. The van der Waals surface area contributed by atoms with Gasteiger partial charge in [-0.1, -0.05) is 11.6 Å². The van der Waals surface area contributed by atoms with Crippen molar-refractivity contribution in [1.82, 2.24) is 14.5 Å². The molecule has 39 heavy (non-hydrogen) atoms. The van der Waals surface area contributed by atoms with Gasteiger partial charge in [-0.3, -0.25) is 9.52 Å². The van der Waals surface area contributed by atoms with Gasteiger partial charge in [0.15, 0.2) is 11.6 Å². The van der Waals surface area contributed by atoms with E-state index in [4.69, 9.17) is 16.3 Å². The molecule has 0 atom stereocenters. The summed E-state index contributed by atoms with van der Waals surface area (Å²) >= 11 is 8.24. The summed E-state index contributed by atoms with van der Waals surface area (Å²) in [5.41, 5.74) is -1.04. The van der Waals surface area contributed by atoms with Crippen LogP contribution in [0.1, 0.15) is 27.2 Å². The van der Waals surface area contributed by atoms with Crippen LogP contribution in [-0.4, -0.2) is 67.9 Å². The van der Waals surface area contributed by atoms with E-state index in [2.05, 4.69) is 15.4 Å². The summed E-state index contributed by atoms with van der Waals surface area (Å²) < 4.78 is 64.3. The fourth-order valence-corrected chi connectivity index (χ4v) is 5.73. The Labute approximate surface area is 244 Å². The van der Waals surface area contributed by atoms with Crippen LogP contribution in [0.4, 0.5) is 30.6 Å². The third-order valence-electron chi connectivity index (χ3n) is 5.46. The Bertz CT molecular complexity index is 1330. The fraction of sp³-hybridized carbons (Fsp3) is 0.417. The largest absolute Gasteiger partial charge is 0.444 e. The summed E-state index contributed by atoms with van der Waals surface area (Å²) in [6.07, 6.45) is -0.609. The summed E-state index contributed by atoms with van der Waals surface area (Å²) in [6.45, 7) is 5.45. The molecule has 0 radical (unpaired) electrons. The van der Waals surface area contributed by atoms with Gasteiger partial charge < -0.3 is 20.3 Å². The Morgan fingerprint density at radius 3 is 2.33 bits per heavy atom. The number of ether oxygens (including phenoxy) is 1. The van der Waals surface area contributed by atoms with Crippen molar-refractivity contribution in [2.45, 2.75) is 32.8 Å². The third-order valence-corrected chi connectivity index (χ3v) is 7.97. The van der Waals surface area contributed by atoms with Crippen molar-refractivity contribution >= 4 is 73.5 Å². The predicted octanol–water partition coefficient (Wildman–Crippen LogP) is 4.68. The van der Waals surface area contributed by atoms with Gasteiger partial charge in [-0.2, -0.15) is 12.7 Å². The third kappa shape index (κ3) is 8.78. The van der Waals surface area contributed by atoms with Crippen molar-refractivity contribution in [3.63, 3.8) is 0 Å². The Hall–Kier alpha value is -2.43. The van der Waals surface area contributed by atoms with Crippen molar-refractivity contribution in [3.05, 3.63) is 50.6 Å². The highest BCUT2D eigenvalue weighted by molar-refractivity contribution is 14.1. The van der Waals surface area contributed by atoms with E-state index in [9.17, 15) is 26.8 Å². The highest BCUT2D eigenvalue weighted by Gasteiger charge is 2.30. The normalized spacial score (nSPS) is 14.6. The van der Waals surface area contributed by atoms with Crippen molar-refractivity contribution in [3.8, 4) is 0 Å². The minimum Gasteiger partial charge on any atom is -0.444 e. The van der Waals surface area contributed by atoms with Gasteiger partial charge in [-0.25, -0.2) is 13.6 Å². The number of halogens is 4. The zero-order valence-electron chi connectivity index (χ0n) is 21.5. The molecule has 15 heteroatoms.